The molecule has 2 heterocycles. The van der Waals surface area contributed by atoms with Crippen LogP contribution in [0.25, 0.3) is 17.3 Å². The number of carbonyl (C=O) groups is 1. The molecule has 2 aromatic carbocycles. The van der Waals surface area contributed by atoms with E-state index >= 15 is 0 Å². The monoisotopic (exact) mass is 467 g/mol. The van der Waals surface area contributed by atoms with Gasteiger partial charge in [-0.2, -0.15) is 4.99 Å². The third kappa shape index (κ3) is 4.35. The quantitative estimate of drug-likeness (QED) is 0.471. The summed E-state index contributed by atoms with van der Waals surface area (Å²) in [6.45, 7) is 0. The number of aromatic nitrogens is 1. The van der Waals surface area contributed by atoms with Crippen LogP contribution in [0.4, 0.5) is 5.13 Å². The Bertz CT molecular complexity index is 1180. The minimum atomic E-state index is -0.137. The second kappa shape index (κ2) is 9.46. The maximum absolute atomic E-state index is 12.8. The van der Waals surface area contributed by atoms with Gasteiger partial charge in [0, 0.05) is 18.0 Å². The molecule has 0 bridgehead atoms. The fraction of sp³-hybridized carbons (Fsp3) is 0.174. The number of aliphatic imine (C=N–C) groups is 1. The molecule has 1 aliphatic rings. The van der Waals surface area contributed by atoms with Crippen LogP contribution in [0.2, 0.25) is 0 Å². The van der Waals surface area contributed by atoms with Crippen LogP contribution in [0.3, 0.4) is 0 Å². The van der Waals surface area contributed by atoms with Gasteiger partial charge in [-0.1, -0.05) is 30.3 Å². The van der Waals surface area contributed by atoms with Gasteiger partial charge in [0.05, 0.1) is 31.9 Å². The van der Waals surface area contributed by atoms with Crippen LogP contribution in [0.15, 0.2) is 57.7 Å². The third-order valence-corrected chi connectivity index (χ3v) is 6.54. The molecular formula is C23H21N3O4S2. The molecule has 1 saturated heterocycles. The van der Waals surface area contributed by atoms with Crippen LogP contribution in [-0.4, -0.2) is 49.3 Å². The Morgan fingerprint density at radius 1 is 1.03 bits per heavy atom. The molecule has 0 N–H and O–H groups in total. The maximum atomic E-state index is 12.8. The normalized spacial score (nSPS) is 16.1. The first-order chi connectivity index (χ1) is 15.5. The molecule has 4 rings (SSSR count). The van der Waals surface area contributed by atoms with E-state index in [0.29, 0.717) is 32.5 Å². The number of methoxy groups -OCH3 is 3. The number of hydrogen-bond donors (Lipinski definition) is 0. The summed E-state index contributed by atoms with van der Waals surface area (Å²) in [5.41, 5.74) is 2.65. The minimum Gasteiger partial charge on any atom is -0.493 e. The predicted octanol–water partition coefficient (Wildman–Crippen LogP) is 5.07. The molecule has 164 valence electrons. The molecule has 1 aromatic heterocycles. The van der Waals surface area contributed by atoms with E-state index < -0.39 is 0 Å². The van der Waals surface area contributed by atoms with E-state index in [4.69, 9.17) is 14.2 Å². The first-order valence-electron chi connectivity index (χ1n) is 9.61. The van der Waals surface area contributed by atoms with Crippen LogP contribution in [-0.2, 0) is 4.79 Å². The van der Waals surface area contributed by atoms with Crippen molar-refractivity contribution in [1.82, 2.24) is 9.88 Å². The van der Waals surface area contributed by atoms with Crippen LogP contribution in [0.1, 0.15) is 5.56 Å². The largest absolute Gasteiger partial charge is 0.493 e. The van der Waals surface area contributed by atoms with Gasteiger partial charge in [-0.3, -0.25) is 9.69 Å². The number of thiazole rings is 1. The molecule has 1 fully saturated rings. The molecule has 0 atom stereocenters. The highest BCUT2D eigenvalue weighted by atomic mass is 32.2. The minimum absolute atomic E-state index is 0.137. The van der Waals surface area contributed by atoms with Crippen molar-refractivity contribution >= 4 is 45.4 Å². The summed E-state index contributed by atoms with van der Waals surface area (Å²) in [5, 5.41) is 3.13. The molecule has 3 aromatic rings. The van der Waals surface area contributed by atoms with Gasteiger partial charge in [-0.05, 0) is 35.5 Å². The van der Waals surface area contributed by atoms with Gasteiger partial charge in [0.1, 0.15) is 0 Å². The van der Waals surface area contributed by atoms with Gasteiger partial charge in [-0.25, -0.2) is 4.98 Å². The summed E-state index contributed by atoms with van der Waals surface area (Å²) in [7, 11) is 6.37. The van der Waals surface area contributed by atoms with Crippen molar-refractivity contribution in [3.05, 3.63) is 58.3 Å². The Hall–Kier alpha value is -3.30. The highest BCUT2D eigenvalue weighted by Gasteiger charge is 2.31. The van der Waals surface area contributed by atoms with Crippen LogP contribution < -0.4 is 14.2 Å². The van der Waals surface area contributed by atoms with Gasteiger partial charge in [-0.15, -0.1) is 11.3 Å². The second-order valence-corrected chi connectivity index (χ2v) is 8.55. The van der Waals surface area contributed by atoms with Crippen molar-refractivity contribution < 1.29 is 19.0 Å². The first-order valence-corrected chi connectivity index (χ1v) is 11.3. The summed E-state index contributed by atoms with van der Waals surface area (Å²) in [4.78, 5) is 24.1. The number of hydrogen-bond acceptors (Lipinski definition) is 8. The lowest BCUT2D eigenvalue weighted by Gasteiger charge is -2.13. The molecule has 0 aliphatic carbocycles. The Labute approximate surface area is 194 Å². The molecule has 32 heavy (non-hydrogen) atoms. The van der Waals surface area contributed by atoms with E-state index in [1.165, 1.54) is 28.0 Å². The highest BCUT2D eigenvalue weighted by molar-refractivity contribution is 8.18. The summed E-state index contributed by atoms with van der Waals surface area (Å²) in [5.74, 6) is 1.41. The van der Waals surface area contributed by atoms with Gasteiger partial charge in [0.15, 0.2) is 16.7 Å². The zero-order chi connectivity index (χ0) is 22.7. The number of carbonyl (C=O) groups excluding carboxylic acids is 1. The van der Waals surface area contributed by atoms with Gasteiger partial charge in [0.2, 0.25) is 10.9 Å². The van der Waals surface area contributed by atoms with E-state index in [0.717, 1.165) is 16.8 Å². The standard InChI is InChI=1S/C23H21N3O4S2/c1-26-21(27)19(12-14-10-17(28-2)20(30-4)18(11-14)29-3)32-23(26)25-22-24-16(13-31-22)15-8-6-5-7-9-15/h5-13H,1-4H3/b19-12-,25-23+. The Morgan fingerprint density at radius 3 is 2.34 bits per heavy atom. The molecule has 7 nitrogen and oxygen atoms in total. The fourth-order valence-corrected chi connectivity index (χ4v) is 4.85. The number of likely N-dealkylation sites (N-methyl/N-ethyl adjacent to an activating group) is 1. The number of ether oxygens (including phenoxy) is 3. The molecule has 0 saturated carbocycles. The number of thioether (sulfide) groups is 1. The zero-order valence-electron chi connectivity index (χ0n) is 18.0. The van der Waals surface area contributed by atoms with Gasteiger partial charge >= 0.3 is 0 Å². The lowest BCUT2D eigenvalue weighted by molar-refractivity contribution is -0.121. The van der Waals surface area contributed by atoms with Crippen molar-refractivity contribution in [2.75, 3.05) is 28.4 Å². The van der Waals surface area contributed by atoms with Crippen molar-refractivity contribution in [1.29, 1.82) is 0 Å². The summed E-state index contributed by atoms with van der Waals surface area (Å²) >= 11 is 2.74. The van der Waals surface area contributed by atoms with E-state index in [2.05, 4.69) is 9.98 Å². The molecular weight excluding hydrogens is 446 g/mol. The van der Waals surface area contributed by atoms with Crippen LogP contribution in [0.5, 0.6) is 17.2 Å². The fourth-order valence-electron chi connectivity index (χ4n) is 3.13. The molecule has 1 amide bonds. The van der Waals surface area contributed by atoms with E-state index in [9.17, 15) is 4.79 Å². The van der Waals surface area contributed by atoms with Crippen molar-refractivity contribution in [2.24, 2.45) is 4.99 Å². The predicted molar refractivity (Wildman–Crippen MR) is 129 cm³/mol. The average molecular weight is 468 g/mol. The molecule has 0 radical (unpaired) electrons. The first kappa shape index (κ1) is 21.9. The second-order valence-electron chi connectivity index (χ2n) is 6.71. The summed E-state index contributed by atoms with van der Waals surface area (Å²) < 4.78 is 16.2. The number of benzene rings is 2. The average Bonchev–Trinajstić information content (AvgIpc) is 3.39. The molecule has 0 spiro atoms. The smallest absolute Gasteiger partial charge is 0.266 e. The Morgan fingerprint density at radius 2 is 1.72 bits per heavy atom. The molecule has 0 unspecified atom stereocenters. The van der Waals surface area contributed by atoms with Crippen molar-refractivity contribution in [3.63, 3.8) is 0 Å². The zero-order valence-corrected chi connectivity index (χ0v) is 19.6. The van der Waals surface area contributed by atoms with E-state index in [1.54, 1.807) is 46.6 Å². The highest BCUT2D eigenvalue weighted by Crippen LogP contribution is 2.40. The number of rotatable bonds is 6. The van der Waals surface area contributed by atoms with Gasteiger partial charge in [0.25, 0.3) is 5.91 Å². The number of amidine groups is 1. The van der Waals surface area contributed by atoms with Gasteiger partial charge < -0.3 is 14.2 Å². The van der Waals surface area contributed by atoms with Crippen LogP contribution in [0, 0.1) is 0 Å². The molecule has 1 aliphatic heterocycles. The summed E-state index contributed by atoms with van der Waals surface area (Å²) in [6.07, 6.45) is 1.79. The Kier molecular flexibility index (Phi) is 6.48. The van der Waals surface area contributed by atoms with Crippen molar-refractivity contribution in [2.45, 2.75) is 0 Å². The SMILES string of the molecule is COc1cc(/C=C2\S/C(=N/c3nc(-c4ccccc4)cs3)N(C)C2=O)cc(OC)c1OC. The topological polar surface area (TPSA) is 73.3 Å². The maximum Gasteiger partial charge on any atom is 0.266 e. The van der Waals surface area contributed by atoms with E-state index in [-0.39, 0.29) is 5.91 Å². The number of nitrogens with zero attached hydrogens (tertiary/aromatic N) is 3. The van der Waals surface area contributed by atoms with Crippen molar-refractivity contribution in [3.8, 4) is 28.5 Å². The number of amides is 1. The third-order valence-electron chi connectivity index (χ3n) is 4.74. The Balaban J connectivity index is 1.62. The summed E-state index contributed by atoms with van der Waals surface area (Å²) in [6, 6.07) is 13.5. The lowest BCUT2D eigenvalue weighted by atomic mass is 10.1. The lowest BCUT2D eigenvalue weighted by Crippen LogP contribution is -2.23. The van der Waals surface area contributed by atoms with Crippen LogP contribution >= 0.6 is 23.1 Å². The molecule has 9 heteroatoms. The van der Waals surface area contributed by atoms with E-state index in [1.807, 2.05) is 35.7 Å².